The van der Waals surface area contributed by atoms with Crippen LogP contribution in [0.25, 0.3) is 0 Å². The van der Waals surface area contributed by atoms with Crippen LogP contribution in [0.5, 0.6) is 5.88 Å². The number of hydrogen-bond acceptors (Lipinski definition) is 4. The number of aromatic amines is 1. The van der Waals surface area contributed by atoms with Gasteiger partial charge >= 0.3 is 0 Å². The number of nitrogens with zero attached hydrogens (tertiary/aromatic N) is 1. The molecule has 4 nitrogen and oxygen atoms in total. The Bertz CT molecular complexity index is 613. The molecule has 0 bridgehead atoms. The van der Waals surface area contributed by atoms with Crippen LogP contribution < -0.4 is 5.56 Å². The number of aromatic hydroxyl groups is 1. The van der Waals surface area contributed by atoms with Gasteiger partial charge in [0, 0.05) is 11.3 Å². The molecule has 0 radical (unpaired) electrons. The van der Waals surface area contributed by atoms with Crippen molar-refractivity contribution in [3.8, 4) is 5.88 Å². The van der Waals surface area contributed by atoms with E-state index in [1.54, 1.807) is 11.3 Å². The van der Waals surface area contributed by atoms with Crippen molar-refractivity contribution in [3.63, 3.8) is 0 Å². The predicted octanol–water partition coefficient (Wildman–Crippen LogP) is 2.79. The summed E-state index contributed by atoms with van der Waals surface area (Å²) in [5.41, 5.74) is 0.304. The SMILES string of the molecule is O=c1[nH]c(Cc2cccs2)nc(O)c1C1CCCC1. The topological polar surface area (TPSA) is 66.0 Å². The third-order valence-electron chi connectivity index (χ3n) is 3.67. The third kappa shape index (κ3) is 2.56. The van der Waals surface area contributed by atoms with Gasteiger partial charge in [0.15, 0.2) is 0 Å². The largest absolute Gasteiger partial charge is 0.493 e. The fourth-order valence-corrected chi connectivity index (χ4v) is 3.47. The quantitative estimate of drug-likeness (QED) is 0.906. The average molecular weight is 276 g/mol. The molecule has 0 spiro atoms. The standard InChI is InChI=1S/C14H16N2O2S/c17-13-12(9-4-1-2-5-9)14(18)16-11(15-13)8-10-6-3-7-19-10/h3,6-7,9H,1-2,4-5,8H2,(H2,15,16,17,18). The Labute approximate surface area is 115 Å². The lowest BCUT2D eigenvalue weighted by Gasteiger charge is -2.10. The molecule has 5 heteroatoms. The summed E-state index contributed by atoms with van der Waals surface area (Å²) < 4.78 is 0. The van der Waals surface area contributed by atoms with Gasteiger partial charge in [-0.2, -0.15) is 4.98 Å². The molecule has 0 unspecified atom stereocenters. The minimum absolute atomic E-state index is 0.0813. The number of nitrogens with one attached hydrogen (secondary N) is 1. The number of H-pyrrole nitrogens is 1. The normalized spacial score (nSPS) is 16.0. The molecule has 2 heterocycles. The minimum Gasteiger partial charge on any atom is -0.493 e. The van der Waals surface area contributed by atoms with Gasteiger partial charge in [-0.3, -0.25) is 4.79 Å². The molecule has 2 aromatic rings. The monoisotopic (exact) mass is 276 g/mol. The predicted molar refractivity (Wildman–Crippen MR) is 74.9 cm³/mol. The van der Waals surface area contributed by atoms with E-state index in [2.05, 4.69) is 9.97 Å². The van der Waals surface area contributed by atoms with Crippen LogP contribution in [0, 0.1) is 0 Å². The lowest BCUT2D eigenvalue weighted by molar-refractivity contribution is 0.432. The summed E-state index contributed by atoms with van der Waals surface area (Å²) in [4.78, 5) is 20.2. The highest BCUT2D eigenvalue weighted by Gasteiger charge is 2.24. The van der Waals surface area contributed by atoms with Gasteiger partial charge in [-0.25, -0.2) is 0 Å². The van der Waals surface area contributed by atoms with E-state index in [1.165, 1.54) is 0 Å². The fourth-order valence-electron chi connectivity index (χ4n) is 2.76. The molecule has 2 N–H and O–H groups in total. The van der Waals surface area contributed by atoms with Crippen LogP contribution in [-0.4, -0.2) is 15.1 Å². The molecule has 0 aromatic carbocycles. The van der Waals surface area contributed by atoms with Crippen LogP contribution in [0.2, 0.25) is 0 Å². The molecular formula is C14H16N2O2S. The summed E-state index contributed by atoms with van der Waals surface area (Å²) in [6.45, 7) is 0. The van der Waals surface area contributed by atoms with Crippen molar-refractivity contribution < 1.29 is 5.11 Å². The first-order chi connectivity index (χ1) is 9.24. The Morgan fingerprint density at radius 1 is 1.42 bits per heavy atom. The van der Waals surface area contributed by atoms with Crippen molar-refractivity contribution in [3.05, 3.63) is 44.1 Å². The molecule has 1 fully saturated rings. The van der Waals surface area contributed by atoms with Crippen molar-refractivity contribution in [1.82, 2.24) is 9.97 Å². The second kappa shape index (κ2) is 5.17. The fraction of sp³-hybridized carbons (Fsp3) is 0.429. The molecule has 19 heavy (non-hydrogen) atoms. The second-order valence-corrected chi connectivity index (χ2v) is 6.02. The van der Waals surface area contributed by atoms with Gasteiger partial charge in [-0.1, -0.05) is 18.9 Å². The van der Waals surface area contributed by atoms with E-state index < -0.39 is 0 Å². The highest BCUT2D eigenvalue weighted by atomic mass is 32.1. The van der Waals surface area contributed by atoms with E-state index in [1.807, 2.05) is 17.5 Å². The van der Waals surface area contributed by atoms with Gasteiger partial charge in [0.2, 0.25) is 5.88 Å². The molecule has 2 aromatic heterocycles. The van der Waals surface area contributed by atoms with E-state index in [9.17, 15) is 9.90 Å². The third-order valence-corrected chi connectivity index (χ3v) is 4.55. The van der Waals surface area contributed by atoms with Crippen LogP contribution in [-0.2, 0) is 6.42 Å². The van der Waals surface area contributed by atoms with Gasteiger partial charge in [0.05, 0.1) is 5.56 Å². The van der Waals surface area contributed by atoms with E-state index >= 15 is 0 Å². The first kappa shape index (κ1) is 12.4. The summed E-state index contributed by atoms with van der Waals surface area (Å²) in [5.74, 6) is 0.626. The number of hydrogen-bond donors (Lipinski definition) is 2. The van der Waals surface area contributed by atoms with Crippen molar-refractivity contribution in [2.24, 2.45) is 0 Å². The first-order valence-electron chi connectivity index (χ1n) is 6.58. The zero-order chi connectivity index (χ0) is 13.2. The van der Waals surface area contributed by atoms with Crippen LogP contribution in [0.15, 0.2) is 22.3 Å². The van der Waals surface area contributed by atoms with Gasteiger partial charge in [-0.05, 0) is 30.2 Å². The molecule has 0 saturated heterocycles. The van der Waals surface area contributed by atoms with E-state index in [0.717, 1.165) is 30.6 Å². The molecule has 0 amide bonds. The maximum atomic E-state index is 12.1. The highest BCUT2D eigenvalue weighted by Crippen LogP contribution is 2.35. The zero-order valence-corrected chi connectivity index (χ0v) is 11.4. The molecule has 3 rings (SSSR count). The van der Waals surface area contributed by atoms with E-state index in [0.29, 0.717) is 17.8 Å². The number of rotatable bonds is 3. The van der Waals surface area contributed by atoms with Crippen molar-refractivity contribution >= 4 is 11.3 Å². The molecule has 1 saturated carbocycles. The van der Waals surface area contributed by atoms with E-state index in [4.69, 9.17) is 0 Å². The number of thiophene rings is 1. The van der Waals surface area contributed by atoms with Crippen LogP contribution >= 0.6 is 11.3 Å². The van der Waals surface area contributed by atoms with Gasteiger partial charge in [0.25, 0.3) is 5.56 Å². The first-order valence-corrected chi connectivity index (χ1v) is 7.46. The minimum atomic E-state index is -0.175. The maximum Gasteiger partial charge on any atom is 0.258 e. The van der Waals surface area contributed by atoms with Crippen LogP contribution in [0.4, 0.5) is 0 Å². The van der Waals surface area contributed by atoms with Gasteiger partial charge in [-0.15, -0.1) is 11.3 Å². The Kier molecular flexibility index (Phi) is 3.38. The summed E-state index contributed by atoms with van der Waals surface area (Å²) in [7, 11) is 0. The molecule has 1 aliphatic rings. The zero-order valence-electron chi connectivity index (χ0n) is 10.6. The molecular weight excluding hydrogens is 260 g/mol. The molecule has 0 aliphatic heterocycles. The maximum absolute atomic E-state index is 12.1. The Morgan fingerprint density at radius 2 is 2.21 bits per heavy atom. The number of aromatic nitrogens is 2. The van der Waals surface area contributed by atoms with Crippen LogP contribution in [0.3, 0.4) is 0 Å². The van der Waals surface area contributed by atoms with E-state index in [-0.39, 0.29) is 17.4 Å². The Balaban J connectivity index is 1.91. The second-order valence-electron chi connectivity index (χ2n) is 4.99. The Hall–Kier alpha value is -1.62. The summed E-state index contributed by atoms with van der Waals surface area (Å²) in [5, 5.41) is 12.0. The summed E-state index contributed by atoms with van der Waals surface area (Å²) >= 11 is 1.62. The average Bonchev–Trinajstić information content (AvgIpc) is 3.01. The molecule has 1 aliphatic carbocycles. The van der Waals surface area contributed by atoms with Gasteiger partial charge < -0.3 is 10.1 Å². The molecule has 0 atom stereocenters. The van der Waals surface area contributed by atoms with Crippen LogP contribution in [0.1, 0.15) is 47.9 Å². The smallest absolute Gasteiger partial charge is 0.258 e. The highest BCUT2D eigenvalue weighted by molar-refractivity contribution is 7.09. The summed E-state index contributed by atoms with van der Waals surface area (Å²) in [6.07, 6.45) is 4.76. The van der Waals surface area contributed by atoms with Crippen molar-refractivity contribution in [2.45, 2.75) is 38.0 Å². The summed E-state index contributed by atoms with van der Waals surface area (Å²) in [6, 6.07) is 3.96. The van der Waals surface area contributed by atoms with Crippen molar-refractivity contribution in [1.29, 1.82) is 0 Å². The van der Waals surface area contributed by atoms with Gasteiger partial charge in [0.1, 0.15) is 5.82 Å². The lowest BCUT2D eigenvalue weighted by atomic mass is 10.00. The molecule has 100 valence electrons. The lowest BCUT2D eigenvalue weighted by Crippen LogP contribution is -2.19. The Morgan fingerprint density at radius 3 is 2.84 bits per heavy atom. The van der Waals surface area contributed by atoms with Crippen molar-refractivity contribution in [2.75, 3.05) is 0 Å².